The van der Waals surface area contributed by atoms with Crippen molar-refractivity contribution in [3.63, 3.8) is 0 Å². The molecule has 1 rings (SSSR count). The number of hydrogen-bond donors (Lipinski definition) is 0. The van der Waals surface area contributed by atoms with E-state index in [9.17, 15) is 4.79 Å². The van der Waals surface area contributed by atoms with E-state index in [2.05, 4.69) is 12.0 Å². The third kappa shape index (κ3) is 4.29. The summed E-state index contributed by atoms with van der Waals surface area (Å²) in [7, 11) is 0. The van der Waals surface area contributed by atoms with Crippen molar-refractivity contribution in [2.45, 2.75) is 33.2 Å². The Labute approximate surface area is 95.9 Å². The van der Waals surface area contributed by atoms with Crippen LogP contribution in [0.25, 0.3) is 6.08 Å². The fraction of sp³-hybridized carbons (Fsp3) is 0.500. The molecule has 0 aromatic carbocycles. The summed E-state index contributed by atoms with van der Waals surface area (Å²) >= 11 is 0. The van der Waals surface area contributed by atoms with E-state index >= 15 is 0 Å². The molecule has 1 aromatic rings. The number of carbonyl (C=O) groups is 1. The van der Waals surface area contributed by atoms with E-state index < -0.39 is 0 Å². The largest absolute Gasteiger partial charge is 0.466 e. The predicted octanol–water partition coefficient (Wildman–Crippen LogP) is 2.26. The van der Waals surface area contributed by atoms with Crippen molar-refractivity contribution in [2.75, 3.05) is 6.61 Å². The molecule has 1 aromatic heterocycles. The van der Waals surface area contributed by atoms with E-state index in [4.69, 9.17) is 4.74 Å². The third-order valence-electron chi connectivity index (χ3n) is 2.01. The monoisotopic (exact) mass is 222 g/mol. The van der Waals surface area contributed by atoms with Crippen LogP contribution in [0.1, 0.15) is 32.3 Å². The number of esters is 1. The molecular weight excluding hydrogens is 204 g/mol. The lowest BCUT2D eigenvalue weighted by molar-refractivity contribution is -0.142. The van der Waals surface area contributed by atoms with Crippen LogP contribution in [0.2, 0.25) is 0 Å². The van der Waals surface area contributed by atoms with Crippen LogP contribution in [-0.2, 0) is 16.1 Å². The van der Waals surface area contributed by atoms with Gasteiger partial charge in [0.1, 0.15) is 0 Å². The van der Waals surface area contributed by atoms with Gasteiger partial charge in [0.25, 0.3) is 0 Å². The molecule has 0 bridgehead atoms. The van der Waals surface area contributed by atoms with Gasteiger partial charge < -0.3 is 4.74 Å². The van der Waals surface area contributed by atoms with E-state index in [1.807, 2.05) is 17.0 Å². The number of carbonyl (C=O) groups excluding carboxylic acids is 1. The van der Waals surface area contributed by atoms with Crippen LogP contribution >= 0.6 is 0 Å². The Bertz CT molecular complexity index is 356. The first-order chi connectivity index (χ1) is 7.76. The van der Waals surface area contributed by atoms with Gasteiger partial charge in [-0.15, -0.1) is 0 Å². The Kier molecular flexibility index (Phi) is 5.32. The molecular formula is C12H18N2O2. The molecule has 0 amide bonds. The molecule has 0 saturated carbocycles. The molecule has 4 heteroatoms. The smallest absolute Gasteiger partial charge is 0.309 e. The van der Waals surface area contributed by atoms with Crippen molar-refractivity contribution in [1.82, 2.24) is 9.78 Å². The standard InChI is InChI=1S/C12H18N2O2/c1-3-8-14-10-11(9-13-14)6-5-7-12(15)16-4-2/h5-6,9-10H,3-4,7-8H2,1-2H3. The number of aryl methyl sites for hydroxylation is 1. The summed E-state index contributed by atoms with van der Waals surface area (Å²) in [5.74, 6) is -0.195. The molecule has 0 aliphatic heterocycles. The van der Waals surface area contributed by atoms with Crippen molar-refractivity contribution in [1.29, 1.82) is 0 Å². The zero-order valence-corrected chi connectivity index (χ0v) is 9.85. The highest BCUT2D eigenvalue weighted by Crippen LogP contribution is 2.02. The summed E-state index contributed by atoms with van der Waals surface area (Å²) in [5, 5.41) is 4.19. The van der Waals surface area contributed by atoms with E-state index in [1.54, 1.807) is 19.2 Å². The van der Waals surface area contributed by atoms with Crippen LogP contribution in [0.5, 0.6) is 0 Å². The number of aromatic nitrogens is 2. The highest BCUT2D eigenvalue weighted by molar-refractivity contribution is 5.72. The quantitative estimate of drug-likeness (QED) is 0.693. The van der Waals surface area contributed by atoms with Crippen molar-refractivity contribution in [3.8, 4) is 0 Å². The third-order valence-corrected chi connectivity index (χ3v) is 2.01. The molecule has 0 spiro atoms. The average Bonchev–Trinajstić information content (AvgIpc) is 2.67. The van der Waals surface area contributed by atoms with Gasteiger partial charge in [-0.25, -0.2) is 0 Å². The average molecular weight is 222 g/mol. The minimum atomic E-state index is -0.195. The Morgan fingerprint density at radius 3 is 3.06 bits per heavy atom. The lowest BCUT2D eigenvalue weighted by Crippen LogP contribution is -2.01. The number of nitrogens with zero attached hydrogens (tertiary/aromatic N) is 2. The van der Waals surface area contributed by atoms with Gasteiger partial charge >= 0.3 is 5.97 Å². The maximum absolute atomic E-state index is 11.0. The van der Waals surface area contributed by atoms with Crippen molar-refractivity contribution >= 4 is 12.0 Å². The van der Waals surface area contributed by atoms with Gasteiger partial charge in [0.2, 0.25) is 0 Å². The SMILES string of the molecule is CCCn1cc(C=CCC(=O)OCC)cn1. The number of hydrogen-bond acceptors (Lipinski definition) is 3. The van der Waals surface area contributed by atoms with Crippen LogP contribution in [0.3, 0.4) is 0 Å². The molecule has 0 aliphatic rings. The molecule has 4 nitrogen and oxygen atoms in total. The van der Waals surface area contributed by atoms with Gasteiger partial charge in [-0.1, -0.05) is 19.1 Å². The van der Waals surface area contributed by atoms with Crippen molar-refractivity contribution < 1.29 is 9.53 Å². The van der Waals surface area contributed by atoms with E-state index in [1.165, 1.54) is 0 Å². The minimum Gasteiger partial charge on any atom is -0.466 e. The molecule has 0 atom stereocenters. The first-order valence-electron chi connectivity index (χ1n) is 5.60. The second-order valence-corrected chi connectivity index (χ2v) is 3.45. The first kappa shape index (κ1) is 12.5. The van der Waals surface area contributed by atoms with Crippen LogP contribution in [0, 0.1) is 0 Å². The molecule has 1 heterocycles. The minimum absolute atomic E-state index is 0.195. The van der Waals surface area contributed by atoms with Gasteiger partial charge in [-0.3, -0.25) is 9.48 Å². The second-order valence-electron chi connectivity index (χ2n) is 3.45. The van der Waals surface area contributed by atoms with Gasteiger partial charge in [0.15, 0.2) is 0 Å². The molecule has 0 saturated heterocycles. The predicted molar refractivity (Wildman–Crippen MR) is 62.8 cm³/mol. The van der Waals surface area contributed by atoms with E-state index in [-0.39, 0.29) is 5.97 Å². The lowest BCUT2D eigenvalue weighted by Gasteiger charge is -1.96. The van der Waals surface area contributed by atoms with E-state index in [0.29, 0.717) is 13.0 Å². The Balaban J connectivity index is 2.40. The zero-order valence-electron chi connectivity index (χ0n) is 9.85. The fourth-order valence-corrected chi connectivity index (χ4v) is 1.33. The van der Waals surface area contributed by atoms with Gasteiger partial charge in [-0.05, 0) is 13.3 Å². The summed E-state index contributed by atoms with van der Waals surface area (Å²) < 4.78 is 6.71. The molecule has 0 aliphatic carbocycles. The summed E-state index contributed by atoms with van der Waals surface area (Å²) in [6.07, 6.45) is 8.81. The highest BCUT2D eigenvalue weighted by atomic mass is 16.5. The summed E-state index contributed by atoms with van der Waals surface area (Å²) in [6, 6.07) is 0. The summed E-state index contributed by atoms with van der Waals surface area (Å²) in [5.41, 5.74) is 1.01. The molecule has 16 heavy (non-hydrogen) atoms. The van der Waals surface area contributed by atoms with Crippen molar-refractivity contribution in [3.05, 3.63) is 24.0 Å². The topological polar surface area (TPSA) is 44.1 Å². The van der Waals surface area contributed by atoms with Crippen LogP contribution in [-0.4, -0.2) is 22.4 Å². The summed E-state index contributed by atoms with van der Waals surface area (Å²) in [6.45, 7) is 5.27. The molecule has 0 N–H and O–H groups in total. The van der Waals surface area contributed by atoms with Gasteiger partial charge in [0.05, 0.1) is 19.2 Å². The second kappa shape index (κ2) is 6.82. The van der Waals surface area contributed by atoms with Crippen LogP contribution in [0.15, 0.2) is 18.5 Å². The highest BCUT2D eigenvalue weighted by Gasteiger charge is 1.97. The van der Waals surface area contributed by atoms with Crippen molar-refractivity contribution in [2.24, 2.45) is 0 Å². The Morgan fingerprint density at radius 2 is 2.38 bits per heavy atom. The van der Waals surface area contributed by atoms with Crippen LogP contribution in [0.4, 0.5) is 0 Å². The first-order valence-corrected chi connectivity index (χ1v) is 5.60. The molecule has 88 valence electrons. The van der Waals surface area contributed by atoms with E-state index in [0.717, 1.165) is 18.5 Å². The van der Waals surface area contributed by atoms with Crippen LogP contribution < -0.4 is 0 Å². The maximum Gasteiger partial charge on any atom is 0.309 e. The number of rotatable bonds is 6. The summed E-state index contributed by atoms with van der Waals surface area (Å²) in [4.78, 5) is 11.0. The Morgan fingerprint density at radius 1 is 1.56 bits per heavy atom. The fourth-order valence-electron chi connectivity index (χ4n) is 1.33. The van der Waals surface area contributed by atoms with Gasteiger partial charge in [0, 0.05) is 18.3 Å². The zero-order chi connectivity index (χ0) is 11.8. The number of ether oxygens (including phenoxy) is 1. The Hall–Kier alpha value is -1.58. The van der Waals surface area contributed by atoms with Gasteiger partial charge in [-0.2, -0.15) is 5.10 Å². The molecule has 0 fully saturated rings. The maximum atomic E-state index is 11.0. The molecule has 0 radical (unpaired) electrons. The molecule has 0 unspecified atom stereocenters. The lowest BCUT2D eigenvalue weighted by atomic mass is 10.3. The normalized spacial score (nSPS) is 10.9.